The first-order chi connectivity index (χ1) is 8.19. The Morgan fingerprint density at radius 3 is 2.82 bits per heavy atom. The molecule has 4 heteroatoms. The Morgan fingerprint density at radius 1 is 1.41 bits per heavy atom. The molecule has 94 valence electrons. The monoisotopic (exact) mass is 255 g/mol. The van der Waals surface area contributed by atoms with Crippen LogP contribution in [0.25, 0.3) is 0 Å². The summed E-state index contributed by atoms with van der Waals surface area (Å²) in [5.41, 5.74) is 1.26. The van der Waals surface area contributed by atoms with Crippen molar-refractivity contribution < 1.29 is 9.53 Å². The quantitative estimate of drug-likeness (QED) is 0.622. The van der Waals surface area contributed by atoms with Gasteiger partial charge in [-0.2, -0.15) is 0 Å². The van der Waals surface area contributed by atoms with Crippen LogP contribution in [0.2, 0.25) is 5.02 Å². The van der Waals surface area contributed by atoms with Gasteiger partial charge >= 0.3 is 5.97 Å². The number of nitrogens with one attached hydrogen (secondary N) is 1. The lowest BCUT2D eigenvalue weighted by Crippen LogP contribution is -2.09. The number of methoxy groups -OCH3 is 1. The first-order valence-corrected chi connectivity index (χ1v) is 6.18. The van der Waals surface area contributed by atoms with Crippen LogP contribution >= 0.6 is 11.6 Å². The van der Waals surface area contributed by atoms with Crippen molar-refractivity contribution in [3.05, 3.63) is 28.8 Å². The van der Waals surface area contributed by atoms with E-state index in [1.807, 2.05) is 0 Å². The molecular weight excluding hydrogens is 238 g/mol. The molecule has 0 aromatic heterocycles. The number of anilines is 1. The van der Waals surface area contributed by atoms with Crippen molar-refractivity contribution >= 4 is 23.3 Å². The molecule has 0 heterocycles. The largest absolute Gasteiger partial charge is 0.465 e. The topological polar surface area (TPSA) is 38.3 Å². The second kappa shape index (κ2) is 7.17. The van der Waals surface area contributed by atoms with Crippen LogP contribution < -0.4 is 5.32 Å². The molecule has 0 bridgehead atoms. The van der Waals surface area contributed by atoms with Crippen molar-refractivity contribution in [2.75, 3.05) is 19.0 Å². The molecule has 1 aromatic rings. The fourth-order valence-corrected chi connectivity index (χ4v) is 1.72. The molecule has 0 unspecified atom stereocenters. The van der Waals surface area contributed by atoms with Gasteiger partial charge in [0.15, 0.2) is 0 Å². The third-order valence-corrected chi connectivity index (χ3v) is 2.72. The zero-order valence-electron chi connectivity index (χ0n) is 10.3. The van der Waals surface area contributed by atoms with Crippen LogP contribution in [0.3, 0.4) is 0 Å². The first kappa shape index (κ1) is 13.8. The fourth-order valence-electron chi connectivity index (χ4n) is 1.55. The van der Waals surface area contributed by atoms with E-state index in [1.165, 1.54) is 20.0 Å². The molecule has 0 aliphatic heterocycles. The number of carbonyl (C=O) groups excluding carboxylic acids is 1. The molecule has 1 aromatic carbocycles. The number of unbranched alkanes of at least 4 members (excludes halogenated alkanes) is 2. The minimum atomic E-state index is -0.370. The van der Waals surface area contributed by atoms with Gasteiger partial charge in [0, 0.05) is 17.3 Å². The fraction of sp³-hybridized carbons (Fsp3) is 0.462. The van der Waals surface area contributed by atoms with E-state index in [2.05, 4.69) is 12.2 Å². The molecule has 17 heavy (non-hydrogen) atoms. The minimum Gasteiger partial charge on any atom is -0.465 e. The van der Waals surface area contributed by atoms with Crippen LogP contribution in [0.15, 0.2) is 18.2 Å². The van der Waals surface area contributed by atoms with Gasteiger partial charge in [-0.05, 0) is 24.6 Å². The summed E-state index contributed by atoms with van der Waals surface area (Å²) in [5, 5.41) is 3.76. The lowest BCUT2D eigenvalue weighted by atomic mass is 10.1. The average molecular weight is 256 g/mol. The molecule has 0 atom stereocenters. The predicted molar refractivity (Wildman–Crippen MR) is 70.8 cm³/mol. The van der Waals surface area contributed by atoms with E-state index in [0.717, 1.165) is 18.7 Å². The highest BCUT2D eigenvalue weighted by molar-refractivity contribution is 6.31. The first-order valence-electron chi connectivity index (χ1n) is 5.80. The summed E-state index contributed by atoms with van der Waals surface area (Å²) < 4.78 is 4.72. The maximum atomic E-state index is 11.6. The number of carbonyl (C=O) groups is 1. The minimum absolute atomic E-state index is 0.370. The number of esters is 1. The van der Waals surface area contributed by atoms with Crippen molar-refractivity contribution in [3.8, 4) is 0 Å². The van der Waals surface area contributed by atoms with Crippen molar-refractivity contribution in [2.24, 2.45) is 0 Å². The number of hydrogen-bond acceptors (Lipinski definition) is 3. The highest BCUT2D eigenvalue weighted by Crippen LogP contribution is 2.21. The van der Waals surface area contributed by atoms with E-state index in [4.69, 9.17) is 16.3 Å². The molecule has 0 radical (unpaired) electrons. The van der Waals surface area contributed by atoms with Crippen LogP contribution in [0, 0.1) is 0 Å². The second-order valence-corrected chi connectivity index (χ2v) is 4.25. The lowest BCUT2D eigenvalue weighted by Gasteiger charge is -2.10. The van der Waals surface area contributed by atoms with Crippen LogP contribution in [0.4, 0.5) is 5.69 Å². The zero-order valence-corrected chi connectivity index (χ0v) is 11.0. The number of rotatable bonds is 6. The molecule has 0 spiro atoms. The Hall–Kier alpha value is -1.22. The summed E-state index contributed by atoms with van der Waals surface area (Å²) in [5.74, 6) is -0.370. The Labute approximate surface area is 107 Å². The molecule has 0 saturated heterocycles. The van der Waals surface area contributed by atoms with Gasteiger partial charge in [0.1, 0.15) is 0 Å². The molecule has 0 aliphatic carbocycles. The SMILES string of the molecule is CCCCCNc1ccc(Cl)cc1C(=O)OC. The number of ether oxygens (including phenoxy) is 1. The summed E-state index contributed by atoms with van der Waals surface area (Å²) in [6.45, 7) is 3.00. The Kier molecular flexibility index (Phi) is 5.84. The van der Waals surface area contributed by atoms with Gasteiger partial charge in [0.2, 0.25) is 0 Å². The van der Waals surface area contributed by atoms with Gasteiger partial charge in [-0.15, -0.1) is 0 Å². The highest BCUT2D eigenvalue weighted by atomic mass is 35.5. The van der Waals surface area contributed by atoms with E-state index in [1.54, 1.807) is 18.2 Å². The van der Waals surface area contributed by atoms with Crippen LogP contribution in [-0.2, 0) is 4.74 Å². The van der Waals surface area contributed by atoms with Crippen molar-refractivity contribution in [3.63, 3.8) is 0 Å². The molecule has 0 aliphatic rings. The summed E-state index contributed by atoms with van der Waals surface area (Å²) in [6, 6.07) is 5.19. The Balaban J connectivity index is 2.72. The van der Waals surface area contributed by atoms with Crippen LogP contribution in [0.5, 0.6) is 0 Å². The summed E-state index contributed by atoms with van der Waals surface area (Å²) >= 11 is 5.87. The van der Waals surface area contributed by atoms with Crippen LogP contribution in [0.1, 0.15) is 36.5 Å². The maximum Gasteiger partial charge on any atom is 0.340 e. The predicted octanol–water partition coefficient (Wildman–Crippen LogP) is 3.73. The molecule has 0 saturated carbocycles. The van der Waals surface area contributed by atoms with Gasteiger partial charge in [-0.25, -0.2) is 4.79 Å². The molecule has 0 amide bonds. The molecular formula is C13H18ClNO2. The van der Waals surface area contributed by atoms with Gasteiger partial charge in [-0.1, -0.05) is 31.4 Å². The number of benzene rings is 1. The van der Waals surface area contributed by atoms with Crippen molar-refractivity contribution in [1.82, 2.24) is 0 Å². The van der Waals surface area contributed by atoms with Crippen molar-refractivity contribution in [2.45, 2.75) is 26.2 Å². The van der Waals surface area contributed by atoms with E-state index in [-0.39, 0.29) is 5.97 Å². The van der Waals surface area contributed by atoms with Gasteiger partial charge in [-0.3, -0.25) is 0 Å². The molecule has 0 fully saturated rings. The third kappa shape index (κ3) is 4.27. The smallest absolute Gasteiger partial charge is 0.340 e. The lowest BCUT2D eigenvalue weighted by molar-refractivity contribution is 0.0602. The normalized spacial score (nSPS) is 10.1. The Morgan fingerprint density at radius 2 is 2.18 bits per heavy atom. The van der Waals surface area contributed by atoms with Gasteiger partial charge in [0.05, 0.1) is 12.7 Å². The van der Waals surface area contributed by atoms with E-state index >= 15 is 0 Å². The standard InChI is InChI=1S/C13H18ClNO2/c1-3-4-5-8-15-12-7-6-10(14)9-11(12)13(16)17-2/h6-7,9,15H,3-5,8H2,1-2H3. The molecule has 1 N–H and O–H groups in total. The molecule has 3 nitrogen and oxygen atoms in total. The van der Waals surface area contributed by atoms with Crippen LogP contribution in [-0.4, -0.2) is 19.6 Å². The maximum absolute atomic E-state index is 11.6. The van der Waals surface area contributed by atoms with Gasteiger partial charge < -0.3 is 10.1 Å². The molecule has 1 rings (SSSR count). The second-order valence-electron chi connectivity index (χ2n) is 3.82. The third-order valence-electron chi connectivity index (χ3n) is 2.48. The number of halogens is 1. The highest BCUT2D eigenvalue weighted by Gasteiger charge is 2.11. The Bertz CT molecular complexity index is 380. The zero-order chi connectivity index (χ0) is 12.7. The average Bonchev–Trinajstić information content (AvgIpc) is 2.35. The van der Waals surface area contributed by atoms with E-state index in [0.29, 0.717) is 10.6 Å². The van der Waals surface area contributed by atoms with E-state index in [9.17, 15) is 4.79 Å². The number of hydrogen-bond donors (Lipinski definition) is 1. The van der Waals surface area contributed by atoms with Gasteiger partial charge in [0.25, 0.3) is 0 Å². The van der Waals surface area contributed by atoms with E-state index < -0.39 is 0 Å². The summed E-state index contributed by atoms with van der Waals surface area (Å²) in [4.78, 5) is 11.6. The van der Waals surface area contributed by atoms with Crippen molar-refractivity contribution in [1.29, 1.82) is 0 Å². The summed E-state index contributed by atoms with van der Waals surface area (Å²) in [7, 11) is 1.37. The summed E-state index contributed by atoms with van der Waals surface area (Å²) in [6.07, 6.45) is 3.43.